The third-order valence-electron chi connectivity index (χ3n) is 3.28. The Morgan fingerprint density at radius 2 is 2.10 bits per heavy atom. The first-order valence-corrected chi connectivity index (χ1v) is 6.50. The molecule has 1 aliphatic heterocycles. The zero-order valence-electron chi connectivity index (χ0n) is 11.6. The maximum atomic E-state index is 13.1. The quantitative estimate of drug-likeness (QED) is 0.930. The van der Waals surface area contributed by atoms with Crippen molar-refractivity contribution in [2.24, 2.45) is 5.92 Å². The summed E-state index contributed by atoms with van der Waals surface area (Å²) < 4.78 is 40.5. The second-order valence-corrected chi connectivity index (χ2v) is 5.15. The van der Waals surface area contributed by atoms with E-state index in [9.17, 15) is 22.8 Å². The van der Waals surface area contributed by atoms with E-state index in [0.29, 0.717) is 0 Å². The molecule has 114 valence electrons. The van der Waals surface area contributed by atoms with E-state index in [1.54, 1.807) is 19.9 Å². The first-order valence-electron chi connectivity index (χ1n) is 6.50. The molecule has 2 heterocycles. The number of amides is 1. The predicted octanol–water partition coefficient (Wildman–Crippen LogP) is 2.17. The van der Waals surface area contributed by atoms with Crippen LogP contribution in [0.1, 0.15) is 30.7 Å². The van der Waals surface area contributed by atoms with Crippen molar-refractivity contribution in [2.75, 3.05) is 0 Å². The number of fused-ring (bicyclic) bond motifs is 1. The molecule has 0 atom stereocenters. The summed E-state index contributed by atoms with van der Waals surface area (Å²) in [5.41, 5.74) is -1.90. The largest absolute Gasteiger partial charge is 0.417 e. The number of nitrogens with one attached hydrogen (secondary N) is 1. The van der Waals surface area contributed by atoms with Gasteiger partial charge in [0.05, 0.1) is 5.56 Å². The molecule has 0 radical (unpaired) electrons. The second-order valence-electron chi connectivity index (χ2n) is 5.15. The molecule has 1 amide bonds. The zero-order chi connectivity index (χ0) is 15.8. The highest BCUT2D eigenvalue weighted by Gasteiger charge is 2.36. The minimum Gasteiger partial charge on any atom is -0.352 e. The third kappa shape index (κ3) is 3.01. The van der Waals surface area contributed by atoms with Gasteiger partial charge in [0.1, 0.15) is 0 Å². The van der Waals surface area contributed by atoms with E-state index in [1.807, 2.05) is 0 Å². The Hall–Kier alpha value is -2.05. The normalized spacial score (nSPS) is 13.6. The fourth-order valence-corrected chi connectivity index (χ4v) is 2.12. The average Bonchev–Trinajstić information content (AvgIpc) is 2.84. The van der Waals surface area contributed by atoms with Crippen molar-refractivity contribution in [3.05, 3.63) is 39.3 Å². The van der Waals surface area contributed by atoms with Crippen molar-refractivity contribution in [3.8, 4) is 0 Å². The van der Waals surface area contributed by atoms with Crippen LogP contribution in [-0.2, 0) is 24.1 Å². The molecule has 0 aliphatic carbocycles. The number of aromatic nitrogens is 1. The van der Waals surface area contributed by atoms with Crippen molar-refractivity contribution in [1.29, 1.82) is 0 Å². The number of pyridine rings is 1. The van der Waals surface area contributed by atoms with Crippen LogP contribution in [0.4, 0.5) is 13.2 Å². The van der Waals surface area contributed by atoms with Crippen molar-refractivity contribution in [1.82, 2.24) is 9.88 Å². The van der Waals surface area contributed by atoms with Crippen LogP contribution in [0.25, 0.3) is 6.08 Å². The SMILES string of the molecule is CC(C)C(=O)NCc1c(C(F)(F)F)cc2n(c1=O)CC=C2. The van der Waals surface area contributed by atoms with Crippen LogP contribution in [0, 0.1) is 5.92 Å². The molecule has 7 heteroatoms. The summed E-state index contributed by atoms with van der Waals surface area (Å²) in [5.74, 6) is -0.760. The van der Waals surface area contributed by atoms with Crippen LogP contribution < -0.4 is 10.9 Å². The average molecular weight is 300 g/mol. The molecule has 1 aromatic heterocycles. The lowest BCUT2D eigenvalue weighted by Crippen LogP contribution is -2.34. The van der Waals surface area contributed by atoms with Gasteiger partial charge in [0.15, 0.2) is 0 Å². The number of halogens is 3. The summed E-state index contributed by atoms with van der Waals surface area (Å²) in [6, 6.07) is 0.946. The lowest BCUT2D eigenvalue weighted by Gasteiger charge is -2.16. The number of hydrogen-bond donors (Lipinski definition) is 1. The number of alkyl halides is 3. The van der Waals surface area contributed by atoms with E-state index in [0.717, 1.165) is 6.07 Å². The molecule has 2 rings (SSSR count). The van der Waals surface area contributed by atoms with Gasteiger partial charge >= 0.3 is 6.18 Å². The third-order valence-corrected chi connectivity index (χ3v) is 3.28. The number of hydrogen-bond acceptors (Lipinski definition) is 2. The minimum absolute atomic E-state index is 0.228. The highest BCUT2D eigenvalue weighted by molar-refractivity contribution is 5.77. The molecular weight excluding hydrogens is 285 g/mol. The first-order chi connectivity index (χ1) is 9.71. The monoisotopic (exact) mass is 300 g/mol. The van der Waals surface area contributed by atoms with Crippen LogP contribution in [0.5, 0.6) is 0 Å². The molecule has 0 fully saturated rings. The highest BCUT2D eigenvalue weighted by Crippen LogP contribution is 2.32. The molecule has 1 aliphatic rings. The number of nitrogens with zero attached hydrogens (tertiary/aromatic N) is 1. The van der Waals surface area contributed by atoms with Crippen molar-refractivity contribution >= 4 is 12.0 Å². The Balaban J connectivity index is 2.44. The van der Waals surface area contributed by atoms with Crippen LogP contribution in [0.2, 0.25) is 0 Å². The molecule has 0 unspecified atom stereocenters. The van der Waals surface area contributed by atoms with Gasteiger partial charge in [0.25, 0.3) is 5.56 Å². The standard InChI is InChI=1S/C14H15F3N2O2/c1-8(2)12(20)18-7-10-11(14(15,16)17)6-9-4-3-5-19(9)13(10)21/h3-4,6,8H,5,7H2,1-2H3,(H,18,20). The summed E-state index contributed by atoms with van der Waals surface area (Å²) in [5, 5.41) is 2.37. The van der Waals surface area contributed by atoms with Gasteiger partial charge in [-0.25, -0.2) is 0 Å². The highest BCUT2D eigenvalue weighted by atomic mass is 19.4. The van der Waals surface area contributed by atoms with Crippen LogP contribution in [0.3, 0.4) is 0 Å². The molecule has 0 spiro atoms. The molecular formula is C14H15F3N2O2. The van der Waals surface area contributed by atoms with Crippen molar-refractivity contribution < 1.29 is 18.0 Å². The molecule has 1 aromatic rings. The molecule has 0 aromatic carbocycles. The zero-order valence-corrected chi connectivity index (χ0v) is 11.6. The Labute approximate surface area is 119 Å². The summed E-state index contributed by atoms with van der Waals surface area (Å²) in [4.78, 5) is 23.7. The van der Waals surface area contributed by atoms with Gasteiger partial charge in [-0.05, 0) is 12.1 Å². The van der Waals surface area contributed by atoms with E-state index in [1.165, 1.54) is 10.6 Å². The molecule has 0 saturated carbocycles. The van der Waals surface area contributed by atoms with Crippen LogP contribution >= 0.6 is 0 Å². The van der Waals surface area contributed by atoms with Gasteiger partial charge in [0, 0.05) is 30.3 Å². The smallest absolute Gasteiger partial charge is 0.352 e. The summed E-state index contributed by atoms with van der Waals surface area (Å²) >= 11 is 0. The van der Waals surface area contributed by atoms with Gasteiger partial charge < -0.3 is 9.88 Å². The van der Waals surface area contributed by atoms with E-state index in [4.69, 9.17) is 0 Å². The summed E-state index contributed by atoms with van der Waals surface area (Å²) in [6.45, 7) is 3.07. The van der Waals surface area contributed by atoms with Gasteiger partial charge in [-0.3, -0.25) is 9.59 Å². The first kappa shape index (κ1) is 15.3. The fourth-order valence-electron chi connectivity index (χ4n) is 2.12. The van der Waals surface area contributed by atoms with Gasteiger partial charge in [-0.1, -0.05) is 19.9 Å². The van der Waals surface area contributed by atoms with Crippen LogP contribution in [0.15, 0.2) is 16.9 Å². The predicted molar refractivity (Wildman–Crippen MR) is 71.4 cm³/mol. The number of carbonyl (C=O) groups is 1. The maximum Gasteiger partial charge on any atom is 0.417 e. The lowest BCUT2D eigenvalue weighted by molar-refractivity contribution is -0.138. The van der Waals surface area contributed by atoms with Gasteiger partial charge in [-0.15, -0.1) is 0 Å². The van der Waals surface area contributed by atoms with E-state index < -0.39 is 35.3 Å². The molecule has 4 nitrogen and oxygen atoms in total. The Kier molecular flexibility index (Phi) is 3.93. The molecule has 1 N–H and O–H groups in total. The van der Waals surface area contributed by atoms with Crippen LogP contribution in [-0.4, -0.2) is 10.5 Å². The number of carbonyl (C=O) groups excluding carboxylic acids is 1. The van der Waals surface area contributed by atoms with Crippen molar-refractivity contribution in [3.63, 3.8) is 0 Å². The molecule has 0 saturated heterocycles. The topological polar surface area (TPSA) is 51.1 Å². The maximum absolute atomic E-state index is 13.1. The second kappa shape index (κ2) is 5.38. The van der Waals surface area contributed by atoms with Gasteiger partial charge in [0.2, 0.25) is 5.91 Å². The fraction of sp³-hybridized carbons (Fsp3) is 0.429. The Bertz CT molecular complexity index is 657. The molecule has 21 heavy (non-hydrogen) atoms. The molecule has 0 bridgehead atoms. The Morgan fingerprint density at radius 3 is 2.67 bits per heavy atom. The number of rotatable bonds is 3. The summed E-state index contributed by atoms with van der Waals surface area (Å²) in [7, 11) is 0. The number of allylic oxidation sites excluding steroid dienone is 1. The summed E-state index contributed by atoms with van der Waals surface area (Å²) in [6.07, 6.45) is -1.54. The van der Waals surface area contributed by atoms with E-state index >= 15 is 0 Å². The van der Waals surface area contributed by atoms with Crippen molar-refractivity contribution in [2.45, 2.75) is 33.1 Å². The minimum atomic E-state index is -4.64. The van der Waals surface area contributed by atoms with E-state index in [-0.39, 0.29) is 18.2 Å². The van der Waals surface area contributed by atoms with Gasteiger partial charge in [-0.2, -0.15) is 13.2 Å². The lowest BCUT2D eigenvalue weighted by atomic mass is 10.1. The van der Waals surface area contributed by atoms with E-state index in [2.05, 4.69) is 5.32 Å². The Morgan fingerprint density at radius 1 is 1.43 bits per heavy atom.